The number of ether oxygens (including phenoxy) is 5. The Kier molecular flexibility index (Phi) is 6.66. The number of amides is 1. The van der Waals surface area contributed by atoms with Crippen molar-refractivity contribution in [1.29, 1.82) is 5.26 Å². The lowest BCUT2D eigenvalue weighted by Gasteiger charge is -2.29. The van der Waals surface area contributed by atoms with Gasteiger partial charge in [0.15, 0.2) is 23.0 Å². The fourth-order valence-corrected chi connectivity index (χ4v) is 4.61. The highest BCUT2D eigenvalue weighted by molar-refractivity contribution is 5.98. The summed E-state index contributed by atoms with van der Waals surface area (Å²) < 4.78 is 27.5. The van der Waals surface area contributed by atoms with Gasteiger partial charge in [0.25, 0.3) is 5.56 Å². The number of H-pyrrole nitrogens is 1. The molecule has 3 heterocycles. The normalized spacial score (nSPS) is 17.5. The second-order valence-electron chi connectivity index (χ2n) is 8.53. The largest absolute Gasteiger partial charge is 0.496 e. The molecule has 2 aromatic carbocycles. The summed E-state index contributed by atoms with van der Waals surface area (Å²) in [5.41, 5.74) is 0.904. The number of nitriles is 1. The van der Waals surface area contributed by atoms with Crippen molar-refractivity contribution in [2.24, 2.45) is 5.92 Å². The maximum absolute atomic E-state index is 13.4. The molecule has 38 heavy (non-hydrogen) atoms. The summed E-state index contributed by atoms with van der Waals surface area (Å²) in [7, 11) is 4.39. The quantitative estimate of drug-likeness (QED) is 0.423. The Morgan fingerprint density at radius 1 is 1.03 bits per heavy atom. The fourth-order valence-electron chi connectivity index (χ4n) is 4.61. The molecule has 0 fully saturated rings. The van der Waals surface area contributed by atoms with Crippen molar-refractivity contribution in [1.82, 2.24) is 9.97 Å². The molecule has 2 unspecified atom stereocenters. The van der Waals surface area contributed by atoms with Gasteiger partial charge >= 0.3 is 0 Å². The van der Waals surface area contributed by atoms with Crippen molar-refractivity contribution in [3.63, 3.8) is 0 Å². The van der Waals surface area contributed by atoms with Crippen molar-refractivity contribution >= 4 is 17.7 Å². The first kappa shape index (κ1) is 24.8. The van der Waals surface area contributed by atoms with Gasteiger partial charge in [-0.25, -0.2) is 0 Å². The molecule has 0 saturated heterocycles. The van der Waals surface area contributed by atoms with Gasteiger partial charge in [0.2, 0.25) is 11.9 Å². The molecule has 12 nitrogen and oxygen atoms in total. The number of hydrogen-bond donors (Lipinski definition) is 3. The minimum Gasteiger partial charge on any atom is -0.496 e. The zero-order valence-electron chi connectivity index (χ0n) is 20.9. The van der Waals surface area contributed by atoms with E-state index in [9.17, 15) is 14.9 Å². The molecule has 0 radical (unpaired) electrons. The van der Waals surface area contributed by atoms with E-state index in [4.69, 9.17) is 23.7 Å². The lowest BCUT2D eigenvalue weighted by Crippen LogP contribution is -2.38. The van der Waals surface area contributed by atoms with Crippen LogP contribution in [0.15, 0.2) is 35.1 Å². The second kappa shape index (κ2) is 10.2. The van der Waals surface area contributed by atoms with Crippen LogP contribution in [0.3, 0.4) is 0 Å². The van der Waals surface area contributed by atoms with E-state index in [1.807, 2.05) is 24.3 Å². The number of fused-ring (bicyclic) bond motifs is 2. The van der Waals surface area contributed by atoms with E-state index in [0.29, 0.717) is 54.1 Å². The van der Waals surface area contributed by atoms with Gasteiger partial charge in [0, 0.05) is 24.1 Å². The molecular weight excluding hydrogens is 494 g/mol. The average molecular weight is 520 g/mol. The molecule has 5 rings (SSSR count). The van der Waals surface area contributed by atoms with Crippen LogP contribution in [0.1, 0.15) is 22.6 Å². The van der Waals surface area contributed by atoms with E-state index >= 15 is 0 Å². The number of nitrogens with one attached hydrogen (secondary N) is 3. The zero-order chi connectivity index (χ0) is 26.8. The Balaban J connectivity index is 1.52. The first-order valence-electron chi connectivity index (χ1n) is 11.7. The first-order valence-corrected chi connectivity index (χ1v) is 11.7. The summed E-state index contributed by atoms with van der Waals surface area (Å²) in [6.45, 7) is 1.29. The SMILES string of the molecule is COc1cc(OC)c(C2c3c(nc(NCc4ccc5c(c4)OCCO5)[nH]c3=O)NC(=O)C2C#N)cc1OC. The Morgan fingerprint density at radius 3 is 2.45 bits per heavy atom. The van der Waals surface area contributed by atoms with Gasteiger partial charge < -0.3 is 34.3 Å². The van der Waals surface area contributed by atoms with Crippen LogP contribution >= 0.6 is 0 Å². The Bertz CT molecular complexity index is 1500. The second-order valence-corrected chi connectivity index (χ2v) is 8.53. The van der Waals surface area contributed by atoms with E-state index in [1.54, 1.807) is 12.1 Å². The third kappa shape index (κ3) is 4.39. The van der Waals surface area contributed by atoms with Gasteiger partial charge in [-0.3, -0.25) is 14.6 Å². The highest BCUT2D eigenvalue weighted by atomic mass is 16.6. The molecule has 12 heteroatoms. The van der Waals surface area contributed by atoms with Gasteiger partial charge in [-0.2, -0.15) is 10.2 Å². The third-order valence-corrected chi connectivity index (χ3v) is 6.40. The molecular formula is C26H25N5O7. The predicted molar refractivity (Wildman–Crippen MR) is 135 cm³/mol. The maximum Gasteiger partial charge on any atom is 0.258 e. The number of aromatic amines is 1. The summed E-state index contributed by atoms with van der Waals surface area (Å²) in [6.07, 6.45) is 0. The standard InChI is InChI=1S/C26H25N5O7/c1-34-17-10-19(36-3)18(35-2)9-14(17)21-15(11-27)24(32)29-23-22(21)25(33)31-26(30-23)28-12-13-4-5-16-20(8-13)38-7-6-37-16/h4-5,8-10,15,21H,6-7,12H2,1-3H3,(H3,28,29,30,31,32,33). The molecule has 2 aliphatic heterocycles. The van der Waals surface area contributed by atoms with Crippen molar-refractivity contribution in [2.75, 3.05) is 45.2 Å². The van der Waals surface area contributed by atoms with Gasteiger partial charge in [0.05, 0.1) is 33.0 Å². The summed E-state index contributed by atoms with van der Waals surface area (Å²) in [4.78, 5) is 33.5. The molecule has 0 saturated carbocycles. The van der Waals surface area contributed by atoms with E-state index in [2.05, 4.69) is 20.6 Å². The Morgan fingerprint density at radius 2 is 1.74 bits per heavy atom. The molecule has 2 aliphatic rings. The lowest BCUT2D eigenvalue weighted by molar-refractivity contribution is -0.119. The number of carbonyl (C=O) groups is 1. The molecule has 196 valence electrons. The predicted octanol–water partition coefficient (Wildman–Crippen LogP) is 2.40. The topological polar surface area (TPSA) is 157 Å². The van der Waals surface area contributed by atoms with Crippen molar-refractivity contribution in [3.8, 4) is 34.8 Å². The molecule has 2 atom stereocenters. The number of aromatic nitrogens is 2. The Hall–Kier alpha value is -4.92. The number of anilines is 2. The van der Waals surface area contributed by atoms with E-state index in [1.165, 1.54) is 21.3 Å². The van der Waals surface area contributed by atoms with Crippen LogP contribution < -0.4 is 39.9 Å². The molecule has 1 amide bonds. The summed E-state index contributed by atoms with van der Waals surface area (Å²) >= 11 is 0. The molecule has 0 spiro atoms. The lowest BCUT2D eigenvalue weighted by atomic mass is 9.78. The minimum atomic E-state index is -1.21. The smallest absolute Gasteiger partial charge is 0.258 e. The van der Waals surface area contributed by atoms with Crippen molar-refractivity contribution in [2.45, 2.75) is 12.5 Å². The van der Waals surface area contributed by atoms with Crippen LogP contribution in [0, 0.1) is 17.2 Å². The van der Waals surface area contributed by atoms with Gasteiger partial charge in [0.1, 0.15) is 30.7 Å². The number of methoxy groups -OCH3 is 3. The van der Waals surface area contributed by atoms with Crippen LogP contribution in [-0.4, -0.2) is 50.4 Å². The fraction of sp³-hybridized carbons (Fsp3) is 0.308. The maximum atomic E-state index is 13.4. The van der Waals surface area contributed by atoms with Crippen LogP contribution in [0.25, 0.3) is 0 Å². The third-order valence-electron chi connectivity index (χ3n) is 6.40. The number of benzene rings is 2. The van der Waals surface area contributed by atoms with E-state index in [0.717, 1.165) is 5.56 Å². The van der Waals surface area contributed by atoms with Crippen LogP contribution in [-0.2, 0) is 11.3 Å². The van der Waals surface area contributed by atoms with Gasteiger partial charge in [-0.15, -0.1) is 0 Å². The highest BCUT2D eigenvalue weighted by Gasteiger charge is 2.42. The molecule has 0 bridgehead atoms. The van der Waals surface area contributed by atoms with Crippen LogP contribution in [0.2, 0.25) is 0 Å². The van der Waals surface area contributed by atoms with E-state index < -0.39 is 23.3 Å². The summed E-state index contributed by atoms with van der Waals surface area (Å²) in [5.74, 6) is -0.172. The van der Waals surface area contributed by atoms with Crippen LogP contribution in [0.4, 0.5) is 11.8 Å². The highest BCUT2D eigenvalue weighted by Crippen LogP contribution is 2.45. The number of nitrogens with zero attached hydrogens (tertiary/aromatic N) is 2. The molecule has 1 aromatic heterocycles. The monoisotopic (exact) mass is 519 g/mol. The molecule has 3 N–H and O–H groups in total. The zero-order valence-corrected chi connectivity index (χ0v) is 20.9. The summed E-state index contributed by atoms with van der Waals surface area (Å²) in [6, 6.07) is 10.7. The first-order chi connectivity index (χ1) is 18.5. The Labute approximate surface area is 217 Å². The minimum absolute atomic E-state index is 0.0526. The number of rotatable bonds is 7. The average Bonchev–Trinajstić information content (AvgIpc) is 2.94. The molecule has 3 aromatic rings. The van der Waals surface area contributed by atoms with Crippen molar-refractivity contribution in [3.05, 3.63) is 57.4 Å². The van der Waals surface area contributed by atoms with Gasteiger partial charge in [-0.05, 0) is 23.8 Å². The number of carbonyl (C=O) groups excluding carboxylic acids is 1. The summed E-state index contributed by atoms with van der Waals surface area (Å²) in [5, 5.41) is 15.6. The van der Waals surface area contributed by atoms with Crippen LogP contribution in [0.5, 0.6) is 28.7 Å². The van der Waals surface area contributed by atoms with Gasteiger partial charge in [-0.1, -0.05) is 6.07 Å². The molecule has 0 aliphatic carbocycles. The number of hydrogen-bond acceptors (Lipinski definition) is 10. The van der Waals surface area contributed by atoms with E-state index in [-0.39, 0.29) is 17.3 Å². The van der Waals surface area contributed by atoms with Crippen molar-refractivity contribution < 1.29 is 28.5 Å².